The molecule has 1 aromatic carbocycles. The van der Waals surface area contributed by atoms with E-state index in [0.717, 1.165) is 0 Å². The summed E-state index contributed by atoms with van der Waals surface area (Å²) in [7, 11) is 0. The molecule has 0 aromatic heterocycles. The number of aliphatic hydroxyl groups excluding tert-OH is 2. The van der Waals surface area contributed by atoms with Gasteiger partial charge in [-0.25, -0.2) is 0 Å². The maximum Gasteiger partial charge on any atom is 0.271 e. The number of allylic oxidation sites excluding steroid dienone is 1. The third-order valence-corrected chi connectivity index (χ3v) is 2.77. The summed E-state index contributed by atoms with van der Waals surface area (Å²) in [6.45, 7) is 1.21. The van der Waals surface area contributed by atoms with Gasteiger partial charge in [0.05, 0.1) is 11.1 Å². The quantitative estimate of drug-likeness (QED) is 0.260. The first-order chi connectivity index (χ1) is 8.29. The van der Waals surface area contributed by atoms with E-state index in [9.17, 15) is 35.1 Å². The van der Waals surface area contributed by atoms with E-state index >= 15 is 0 Å². The van der Waals surface area contributed by atoms with Crippen molar-refractivity contribution in [3.63, 3.8) is 0 Å². The molecule has 7 heteroatoms. The van der Waals surface area contributed by atoms with Crippen molar-refractivity contribution in [3.05, 3.63) is 22.4 Å². The minimum absolute atomic E-state index is 0.221. The zero-order valence-corrected chi connectivity index (χ0v) is 9.05. The Hall–Kier alpha value is -2.70. The van der Waals surface area contributed by atoms with Gasteiger partial charge in [-0.05, 0) is 6.92 Å². The van der Waals surface area contributed by atoms with Crippen LogP contribution in [-0.4, -0.2) is 37.1 Å². The van der Waals surface area contributed by atoms with E-state index in [1.807, 2.05) is 0 Å². The van der Waals surface area contributed by atoms with Gasteiger partial charge in [0.25, 0.3) is 5.78 Å². The van der Waals surface area contributed by atoms with Crippen LogP contribution in [0.25, 0.3) is 5.76 Å². The smallest absolute Gasteiger partial charge is 0.271 e. The second-order valence-electron chi connectivity index (χ2n) is 3.78. The lowest BCUT2D eigenvalue weighted by Gasteiger charge is -2.19. The molecule has 7 nitrogen and oxygen atoms in total. The van der Waals surface area contributed by atoms with Gasteiger partial charge in [-0.15, -0.1) is 0 Å². The van der Waals surface area contributed by atoms with E-state index in [1.165, 1.54) is 6.92 Å². The van der Waals surface area contributed by atoms with Crippen molar-refractivity contribution < 1.29 is 35.1 Å². The summed E-state index contributed by atoms with van der Waals surface area (Å²) < 4.78 is 0. The molecule has 0 fully saturated rings. The zero-order valence-electron chi connectivity index (χ0n) is 9.05. The Morgan fingerprint density at radius 2 is 1.22 bits per heavy atom. The van der Waals surface area contributed by atoms with Crippen LogP contribution in [0.15, 0.2) is 5.76 Å². The second-order valence-corrected chi connectivity index (χ2v) is 3.78. The van der Waals surface area contributed by atoms with E-state index in [2.05, 4.69) is 0 Å². The number of carbonyl (C=O) groups excluding carboxylic acids is 2. The van der Waals surface area contributed by atoms with Crippen LogP contribution >= 0.6 is 0 Å². The molecule has 0 aliphatic heterocycles. The summed E-state index contributed by atoms with van der Waals surface area (Å²) in [5.41, 5.74) is -1.54. The van der Waals surface area contributed by atoms with Crippen LogP contribution < -0.4 is 0 Å². The summed E-state index contributed by atoms with van der Waals surface area (Å²) in [5.74, 6) is -7.39. The average Bonchev–Trinajstić information content (AvgIpc) is 2.35. The molecule has 0 unspecified atom stereocenters. The Morgan fingerprint density at radius 3 is 1.78 bits per heavy atom. The van der Waals surface area contributed by atoms with E-state index in [0.29, 0.717) is 0 Å². The predicted molar refractivity (Wildman–Crippen MR) is 57.7 cm³/mol. The minimum Gasteiger partial charge on any atom is -0.507 e. The second kappa shape index (κ2) is 3.39. The number of fused-ring (bicyclic) bond motifs is 1. The largest absolute Gasteiger partial charge is 0.507 e. The van der Waals surface area contributed by atoms with Crippen molar-refractivity contribution in [2.45, 2.75) is 6.92 Å². The summed E-state index contributed by atoms with van der Waals surface area (Å²) in [6, 6.07) is 0. The summed E-state index contributed by atoms with van der Waals surface area (Å²) in [5, 5.41) is 47.5. The molecule has 18 heavy (non-hydrogen) atoms. The maximum absolute atomic E-state index is 11.6. The molecule has 1 aromatic rings. The molecule has 5 N–H and O–H groups in total. The molecular formula is C11H8O7. The van der Waals surface area contributed by atoms with Crippen molar-refractivity contribution in [2.24, 2.45) is 0 Å². The first kappa shape index (κ1) is 11.8. The van der Waals surface area contributed by atoms with E-state index in [1.54, 1.807) is 0 Å². The lowest BCUT2D eigenvalue weighted by Crippen LogP contribution is -2.24. The van der Waals surface area contributed by atoms with Crippen molar-refractivity contribution in [2.75, 3.05) is 0 Å². The number of phenols is 3. The van der Waals surface area contributed by atoms with Crippen LogP contribution in [0, 0.1) is 6.92 Å². The van der Waals surface area contributed by atoms with Crippen molar-refractivity contribution in [3.8, 4) is 17.2 Å². The van der Waals surface area contributed by atoms with Gasteiger partial charge in [0.1, 0.15) is 5.75 Å². The number of aromatic hydroxyl groups is 3. The topological polar surface area (TPSA) is 135 Å². The van der Waals surface area contributed by atoms with Gasteiger partial charge >= 0.3 is 0 Å². The van der Waals surface area contributed by atoms with Crippen LogP contribution in [0.2, 0.25) is 0 Å². The summed E-state index contributed by atoms with van der Waals surface area (Å²) in [6.07, 6.45) is 0. The number of hydrogen-bond acceptors (Lipinski definition) is 7. The van der Waals surface area contributed by atoms with Gasteiger partial charge < -0.3 is 25.5 Å². The predicted octanol–water partition coefficient (Wildman–Crippen LogP) is 0.662. The summed E-state index contributed by atoms with van der Waals surface area (Å²) >= 11 is 0. The lowest BCUT2D eigenvalue weighted by molar-refractivity contribution is -0.114. The standard InChI is InChI=1S/C11H8O7/c1-2-5(12)3-4(7(14)6(2)13)9(16)11(18)10(17)8(3)15/h12-14,16,18H,1H3. The Kier molecular flexibility index (Phi) is 2.22. The lowest BCUT2D eigenvalue weighted by atomic mass is 9.89. The van der Waals surface area contributed by atoms with Crippen molar-refractivity contribution in [1.29, 1.82) is 0 Å². The number of benzene rings is 1. The molecule has 1 aliphatic carbocycles. The molecule has 0 atom stereocenters. The van der Waals surface area contributed by atoms with E-state index < -0.39 is 51.5 Å². The fourth-order valence-electron chi connectivity index (χ4n) is 1.73. The number of aliphatic hydroxyl groups is 2. The van der Waals surface area contributed by atoms with Gasteiger partial charge in [0, 0.05) is 5.56 Å². The van der Waals surface area contributed by atoms with Gasteiger partial charge in [-0.2, -0.15) is 0 Å². The van der Waals surface area contributed by atoms with Crippen LogP contribution in [-0.2, 0) is 4.79 Å². The molecule has 0 bridgehead atoms. The van der Waals surface area contributed by atoms with Crippen molar-refractivity contribution >= 4 is 17.3 Å². The Morgan fingerprint density at radius 1 is 0.667 bits per heavy atom. The monoisotopic (exact) mass is 252 g/mol. The normalized spacial score (nSPS) is 14.9. The molecule has 94 valence electrons. The average molecular weight is 252 g/mol. The molecule has 2 rings (SSSR count). The molecule has 0 spiro atoms. The molecule has 0 saturated carbocycles. The highest BCUT2D eigenvalue weighted by molar-refractivity contribution is 6.52. The minimum atomic E-state index is -1.40. The highest BCUT2D eigenvalue weighted by Crippen LogP contribution is 2.46. The Labute approximate surface area is 99.9 Å². The van der Waals surface area contributed by atoms with E-state index in [4.69, 9.17) is 0 Å². The zero-order chi connectivity index (χ0) is 13.8. The molecule has 0 heterocycles. The third-order valence-electron chi connectivity index (χ3n) is 2.77. The highest BCUT2D eigenvalue weighted by Gasteiger charge is 2.39. The first-order valence-electron chi connectivity index (χ1n) is 4.78. The number of carbonyl (C=O) groups is 2. The maximum atomic E-state index is 11.6. The van der Waals surface area contributed by atoms with Crippen LogP contribution in [0.3, 0.4) is 0 Å². The number of rotatable bonds is 0. The van der Waals surface area contributed by atoms with E-state index in [-0.39, 0.29) is 5.56 Å². The Balaban J connectivity index is 3.01. The number of Topliss-reactive ketones (excluding diaryl/α,β-unsaturated/α-hetero) is 2. The Bertz CT molecular complexity index is 640. The SMILES string of the molecule is Cc1c(O)c(O)c2c(c1O)C(=O)C(=O)C(O)=C2O. The molecule has 1 aliphatic rings. The van der Waals surface area contributed by atoms with Crippen LogP contribution in [0.1, 0.15) is 21.5 Å². The third kappa shape index (κ3) is 1.18. The number of phenolic OH excluding ortho intramolecular Hbond substituents is 3. The van der Waals surface area contributed by atoms with Gasteiger partial charge in [0.2, 0.25) is 11.5 Å². The molecule has 0 amide bonds. The van der Waals surface area contributed by atoms with Gasteiger partial charge in [-0.1, -0.05) is 0 Å². The molecular weight excluding hydrogens is 244 g/mol. The summed E-state index contributed by atoms with van der Waals surface area (Å²) in [4.78, 5) is 22.9. The van der Waals surface area contributed by atoms with Gasteiger partial charge in [-0.3, -0.25) is 9.59 Å². The fourth-order valence-corrected chi connectivity index (χ4v) is 1.73. The van der Waals surface area contributed by atoms with Gasteiger partial charge in [0.15, 0.2) is 17.3 Å². The number of hydrogen-bond donors (Lipinski definition) is 5. The molecule has 0 saturated heterocycles. The molecule has 0 radical (unpaired) electrons. The fraction of sp³-hybridized carbons (Fsp3) is 0.0909. The van der Waals surface area contributed by atoms with Crippen LogP contribution in [0.5, 0.6) is 17.2 Å². The number of ketones is 2. The highest BCUT2D eigenvalue weighted by atomic mass is 16.3. The first-order valence-corrected chi connectivity index (χ1v) is 4.78. The van der Waals surface area contributed by atoms with Crippen molar-refractivity contribution in [1.82, 2.24) is 0 Å². The van der Waals surface area contributed by atoms with Crippen LogP contribution in [0.4, 0.5) is 0 Å².